The number of hydrogen-bond acceptors (Lipinski definition) is 3. The molecule has 3 N–H and O–H groups in total. The number of amides is 1. The Balaban J connectivity index is 1.67. The van der Waals surface area contributed by atoms with Gasteiger partial charge in [-0.1, -0.05) is 24.3 Å². The van der Waals surface area contributed by atoms with Crippen molar-refractivity contribution in [2.45, 2.75) is 26.3 Å². The summed E-state index contributed by atoms with van der Waals surface area (Å²) in [4.78, 5) is 12.3. The molecule has 0 atom stereocenters. The Morgan fingerprint density at radius 3 is 2.78 bits per heavy atom. The van der Waals surface area contributed by atoms with Crippen LogP contribution in [0.4, 0.5) is 5.69 Å². The molecule has 1 aliphatic rings. The Labute approximate surface area is 136 Å². The molecule has 0 heterocycles. The maximum absolute atomic E-state index is 12.3. The van der Waals surface area contributed by atoms with E-state index in [0.29, 0.717) is 23.7 Å². The molecule has 0 aromatic heterocycles. The molecule has 1 saturated carbocycles. The van der Waals surface area contributed by atoms with Gasteiger partial charge in [-0.2, -0.15) is 0 Å². The van der Waals surface area contributed by atoms with E-state index < -0.39 is 0 Å². The van der Waals surface area contributed by atoms with Crippen LogP contribution in [0, 0.1) is 12.8 Å². The van der Waals surface area contributed by atoms with E-state index in [0.717, 1.165) is 23.5 Å². The predicted molar refractivity (Wildman–Crippen MR) is 91.4 cm³/mol. The van der Waals surface area contributed by atoms with Crippen molar-refractivity contribution in [1.82, 2.24) is 5.32 Å². The number of hydrogen-bond donors (Lipinski definition) is 2. The van der Waals surface area contributed by atoms with E-state index >= 15 is 0 Å². The van der Waals surface area contributed by atoms with E-state index in [2.05, 4.69) is 5.32 Å². The molecular formula is C19H22N2O2. The predicted octanol–water partition coefficient (Wildman–Crippen LogP) is 3.30. The summed E-state index contributed by atoms with van der Waals surface area (Å²) in [6.07, 6.45) is 2.51. The number of carbonyl (C=O) groups excluding carboxylic acids is 1. The summed E-state index contributed by atoms with van der Waals surface area (Å²) < 4.78 is 5.93. The van der Waals surface area contributed by atoms with Crippen molar-refractivity contribution in [2.24, 2.45) is 5.92 Å². The number of para-hydroxylation sites is 1. The van der Waals surface area contributed by atoms with Crippen LogP contribution in [-0.4, -0.2) is 12.5 Å². The Hall–Kier alpha value is -2.49. The number of aryl methyl sites for hydroxylation is 1. The third-order valence-electron chi connectivity index (χ3n) is 4.04. The van der Waals surface area contributed by atoms with Crippen LogP contribution >= 0.6 is 0 Å². The van der Waals surface area contributed by atoms with Gasteiger partial charge in [0.15, 0.2) is 0 Å². The molecule has 1 aliphatic carbocycles. The highest BCUT2D eigenvalue weighted by Gasteiger charge is 2.22. The van der Waals surface area contributed by atoms with Gasteiger partial charge < -0.3 is 15.8 Å². The third kappa shape index (κ3) is 4.03. The first-order valence-electron chi connectivity index (χ1n) is 7.98. The van der Waals surface area contributed by atoms with E-state index in [1.165, 1.54) is 12.8 Å². The molecule has 4 heteroatoms. The summed E-state index contributed by atoms with van der Waals surface area (Å²) in [5.74, 6) is 1.39. The zero-order chi connectivity index (χ0) is 16.2. The fraction of sp³-hybridized carbons (Fsp3) is 0.316. The zero-order valence-corrected chi connectivity index (χ0v) is 13.3. The molecule has 4 nitrogen and oxygen atoms in total. The fourth-order valence-corrected chi connectivity index (χ4v) is 2.41. The molecule has 2 aromatic carbocycles. The molecule has 0 aliphatic heterocycles. The average Bonchev–Trinajstić information content (AvgIpc) is 3.36. The minimum atomic E-state index is -0.170. The topological polar surface area (TPSA) is 64.4 Å². The quantitative estimate of drug-likeness (QED) is 0.805. The highest BCUT2D eigenvalue weighted by Crippen LogP contribution is 2.30. The second-order valence-corrected chi connectivity index (χ2v) is 6.14. The summed E-state index contributed by atoms with van der Waals surface area (Å²) >= 11 is 0. The van der Waals surface area contributed by atoms with E-state index in [-0.39, 0.29) is 5.91 Å². The lowest BCUT2D eigenvalue weighted by Crippen LogP contribution is -2.24. The Bertz CT molecular complexity index is 708. The lowest BCUT2D eigenvalue weighted by molar-refractivity contribution is 0.0951. The van der Waals surface area contributed by atoms with Crippen LogP contribution in [0.25, 0.3) is 0 Å². The van der Waals surface area contributed by atoms with Crippen LogP contribution in [0.15, 0.2) is 42.5 Å². The normalized spacial score (nSPS) is 13.6. The molecule has 0 unspecified atom stereocenters. The van der Waals surface area contributed by atoms with Crippen molar-refractivity contribution in [2.75, 3.05) is 12.3 Å². The average molecular weight is 310 g/mol. The molecule has 0 bridgehead atoms. The maximum Gasteiger partial charge on any atom is 0.253 e. The molecule has 1 fully saturated rings. The van der Waals surface area contributed by atoms with Crippen LogP contribution in [0.5, 0.6) is 5.75 Å². The molecule has 0 spiro atoms. The smallest absolute Gasteiger partial charge is 0.253 e. The largest absolute Gasteiger partial charge is 0.493 e. The zero-order valence-electron chi connectivity index (χ0n) is 13.3. The van der Waals surface area contributed by atoms with Crippen LogP contribution in [0.3, 0.4) is 0 Å². The van der Waals surface area contributed by atoms with Gasteiger partial charge in [-0.25, -0.2) is 0 Å². The van der Waals surface area contributed by atoms with Crippen molar-refractivity contribution < 1.29 is 9.53 Å². The highest BCUT2D eigenvalue weighted by molar-refractivity contribution is 5.99. The second-order valence-electron chi connectivity index (χ2n) is 6.14. The number of carbonyl (C=O) groups is 1. The van der Waals surface area contributed by atoms with Gasteiger partial charge in [0.05, 0.1) is 12.2 Å². The summed E-state index contributed by atoms with van der Waals surface area (Å²) in [5, 5.41) is 2.92. The Morgan fingerprint density at radius 1 is 1.26 bits per heavy atom. The molecule has 3 rings (SSSR count). The monoisotopic (exact) mass is 310 g/mol. The molecular weight excluding hydrogens is 288 g/mol. The lowest BCUT2D eigenvalue weighted by atomic mass is 10.1. The van der Waals surface area contributed by atoms with E-state index in [1.807, 2.05) is 31.2 Å². The van der Waals surface area contributed by atoms with Gasteiger partial charge in [-0.05, 0) is 49.4 Å². The lowest BCUT2D eigenvalue weighted by Gasteiger charge is -2.13. The summed E-state index contributed by atoms with van der Waals surface area (Å²) in [5.41, 5.74) is 8.96. The van der Waals surface area contributed by atoms with E-state index in [1.54, 1.807) is 18.2 Å². The van der Waals surface area contributed by atoms with Crippen molar-refractivity contribution in [3.05, 3.63) is 59.2 Å². The maximum atomic E-state index is 12.3. The molecule has 2 aromatic rings. The number of benzene rings is 2. The fourth-order valence-electron chi connectivity index (χ4n) is 2.41. The summed E-state index contributed by atoms with van der Waals surface area (Å²) in [6.45, 7) is 3.22. The standard InChI is InChI=1S/C19H22N2O2/c1-13-6-9-15(18(10-13)23-12-14-7-8-14)11-21-19(22)16-4-2-3-5-17(16)20/h2-6,9-10,14H,7-8,11-12,20H2,1H3,(H,21,22). The third-order valence-corrected chi connectivity index (χ3v) is 4.04. The number of ether oxygens (including phenoxy) is 1. The summed E-state index contributed by atoms with van der Waals surface area (Å²) in [7, 11) is 0. The number of nitrogen functional groups attached to an aromatic ring is 1. The molecule has 23 heavy (non-hydrogen) atoms. The van der Waals surface area contributed by atoms with Gasteiger partial charge in [0.1, 0.15) is 5.75 Å². The first kappa shape index (κ1) is 15.4. The van der Waals surface area contributed by atoms with Gasteiger partial charge in [0, 0.05) is 17.8 Å². The second kappa shape index (κ2) is 6.73. The molecule has 120 valence electrons. The first-order chi connectivity index (χ1) is 11.1. The Morgan fingerprint density at radius 2 is 2.04 bits per heavy atom. The number of nitrogens with two attached hydrogens (primary N) is 1. The van der Waals surface area contributed by atoms with Gasteiger partial charge in [0.25, 0.3) is 5.91 Å². The van der Waals surface area contributed by atoms with Crippen molar-refractivity contribution in [3.63, 3.8) is 0 Å². The van der Waals surface area contributed by atoms with Crippen molar-refractivity contribution >= 4 is 11.6 Å². The Kier molecular flexibility index (Phi) is 4.51. The van der Waals surface area contributed by atoms with Crippen molar-refractivity contribution in [3.8, 4) is 5.75 Å². The highest BCUT2D eigenvalue weighted by atomic mass is 16.5. The van der Waals surface area contributed by atoms with E-state index in [4.69, 9.17) is 10.5 Å². The summed E-state index contributed by atoms with van der Waals surface area (Å²) in [6, 6.07) is 13.1. The van der Waals surface area contributed by atoms with Crippen molar-refractivity contribution in [1.29, 1.82) is 0 Å². The van der Waals surface area contributed by atoms with Crippen LogP contribution in [0.1, 0.15) is 34.3 Å². The van der Waals surface area contributed by atoms with E-state index in [9.17, 15) is 4.79 Å². The van der Waals surface area contributed by atoms with Gasteiger partial charge in [0.2, 0.25) is 0 Å². The van der Waals surface area contributed by atoms with Crippen LogP contribution < -0.4 is 15.8 Å². The van der Waals surface area contributed by atoms with Crippen LogP contribution in [0.2, 0.25) is 0 Å². The van der Waals surface area contributed by atoms with Gasteiger partial charge in [-0.15, -0.1) is 0 Å². The number of nitrogens with one attached hydrogen (secondary N) is 1. The minimum absolute atomic E-state index is 0.170. The SMILES string of the molecule is Cc1ccc(CNC(=O)c2ccccc2N)c(OCC2CC2)c1. The van der Waals surface area contributed by atoms with Crippen LogP contribution in [-0.2, 0) is 6.54 Å². The number of anilines is 1. The van der Waals surface area contributed by atoms with Gasteiger partial charge >= 0.3 is 0 Å². The minimum Gasteiger partial charge on any atom is -0.493 e. The number of rotatable bonds is 6. The first-order valence-corrected chi connectivity index (χ1v) is 7.98. The molecule has 0 saturated heterocycles. The van der Waals surface area contributed by atoms with Gasteiger partial charge in [-0.3, -0.25) is 4.79 Å². The molecule has 1 amide bonds. The molecule has 0 radical (unpaired) electrons.